The molecule has 1 aromatic heterocycles. The molecule has 0 saturated heterocycles. The van der Waals surface area contributed by atoms with Crippen LogP contribution in [0.5, 0.6) is 5.75 Å². The Labute approximate surface area is 242 Å². The summed E-state index contributed by atoms with van der Waals surface area (Å²) in [6, 6.07) is 14.4. The molecule has 0 bridgehead atoms. The molecule has 2 N–H and O–H groups in total. The Balaban J connectivity index is 0.00000289. The predicted molar refractivity (Wildman–Crippen MR) is 117 cm³/mol. The quantitative estimate of drug-likeness (QED) is 0.347. The topological polar surface area (TPSA) is 126 Å². The number of hydrogen-bond donors (Lipinski definition) is 2. The Morgan fingerprint density at radius 2 is 1.65 bits per heavy atom. The second kappa shape index (κ2) is 13.1. The molecule has 0 aliphatic rings. The molecule has 34 heavy (non-hydrogen) atoms. The Morgan fingerprint density at radius 1 is 1.03 bits per heavy atom. The second-order valence-electron chi connectivity index (χ2n) is 7.55. The van der Waals surface area contributed by atoms with Gasteiger partial charge in [0.25, 0.3) is 5.56 Å². The number of hydrogen-bond acceptors (Lipinski definition) is 5. The number of rotatable bonds is 6. The Morgan fingerprint density at radius 3 is 2.24 bits per heavy atom. The van der Waals surface area contributed by atoms with Gasteiger partial charge in [0.05, 0.1) is 6.04 Å². The number of carbonyl (C=O) groups excluding carboxylic acids is 2. The van der Waals surface area contributed by atoms with E-state index >= 15 is 0 Å². The van der Waals surface area contributed by atoms with Gasteiger partial charge in [-0.15, -0.1) is 0 Å². The van der Waals surface area contributed by atoms with Crippen LogP contribution in [0.4, 0.5) is 10.5 Å². The standard InChI is InChI=1S/C24H25N3O5.2Na/c1-14-6-4-5-7-18(14)16-8-10-17(11-9-16)19(13-21(29)30)25-24(32)26-22-20(28)12-15(2)27(3)23(22)31;;/h4-12,19,28H,13H2,1-3H3,(H,29,30)(H2,25,26,32);;/q;2*+1/p-2/t19-;;/m0../s1. The predicted octanol–water partition coefficient (Wildman–Crippen LogP) is -4.25. The van der Waals surface area contributed by atoms with Crippen LogP contribution >= 0.6 is 0 Å². The summed E-state index contributed by atoms with van der Waals surface area (Å²) in [4.78, 5) is 36.0. The summed E-state index contributed by atoms with van der Waals surface area (Å²) in [7, 11) is 1.48. The summed E-state index contributed by atoms with van der Waals surface area (Å²) in [6.45, 7) is 3.59. The molecule has 3 aromatic rings. The van der Waals surface area contributed by atoms with Crippen molar-refractivity contribution in [3.8, 4) is 16.9 Å². The third-order valence-electron chi connectivity index (χ3n) is 5.32. The van der Waals surface area contributed by atoms with Crippen LogP contribution in [0.1, 0.15) is 29.3 Å². The van der Waals surface area contributed by atoms with Gasteiger partial charge in [-0.2, -0.15) is 0 Å². The number of aromatic nitrogens is 1. The normalized spacial score (nSPS) is 10.9. The van der Waals surface area contributed by atoms with E-state index in [0.717, 1.165) is 16.7 Å². The number of carboxylic acids is 1. The zero-order valence-electron chi connectivity index (χ0n) is 20.0. The van der Waals surface area contributed by atoms with Crippen molar-refractivity contribution in [1.82, 2.24) is 9.88 Å². The van der Waals surface area contributed by atoms with E-state index in [1.54, 1.807) is 19.1 Å². The molecule has 0 unspecified atom stereocenters. The molecule has 1 atom stereocenters. The minimum atomic E-state index is -1.35. The van der Waals surface area contributed by atoms with Crippen molar-refractivity contribution in [2.75, 3.05) is 5.32 Å². The number of nitrogens with zero attached hydrogens (tertiary/aromatic N) is 1. The van der Waals surface area contributed by atoms with Gasteiger partial charge in [0.15, 0.2) is 0 Å². The zero-order chi connectivity index (χ0) is 23.4. The van der Waals surface area contributed by atoms with Crippen molar-refractivity contribution in [2.24, 2.45) is 7.05 Å². The molecule has 8 nitrogen and oxygen atoms in total. The number of carboxylic acid groups (broad SMARTS) is 1. The van der Waals surface area contributed by atoms with Gasteiger partial charge in [-0.3, -0.25) is 4.79 Å². The molecule has 0 aliphatic carbocycles. The summed E-state index contributed by atoms with van der Waals surface area (Å²) in [5.41, 5.74) is 3.02. The summed E-state index contributed by atoms with van der Waals surface area (Å²) < 4.78 is 1.24. The molecule has 0 saturated carbocycles. The van der Waals surface area contributed by atoms with Crippen LogP contribution in [0.3, 0.4) is 0 Å². The average molecular weight is 479 g/mol. The van der Waals surface area contributed by atoms with Gasteiger partial charge in [0.1, 0.15) is 5.69 Å². The first-order valence-corrected chi connectivity index (χ1v) is 9.98. The van der Waals surface area contributed by atoms with E-state index in [2.05, 4.69) is 10.6 Å². The monoisotopic (exact) mass is 479 g/mol. The second-order valence-corrected chi connectivity index (χ2v) is 7.55. The molecule has 3 rings (SSSR count). The fourth-order valence-corrected chi connectivity index (χ4v) is 3.43. The number of amides is 2. The van der Waals surface area contributed by atoms with Crippen LogP contribution in [0, 0.1) is 13.8 Å². The molecular weight excluding hydrogens is 456 g/mol. The van der Waals surface area contributed by atoms with E-state index in [-0.39, 0.29) is 59.1 Å². The van der Waals surface area contributed by atoms with Crippen LogP contribution in [0.2, 0.25) is 0 Å². The van der Waals surface area contributed by atoms with Crippen molar-refractivity contribution in [2.45, 2.75) is 26.3 Å². The molecule has 2 aromatic carbocycles. The van der Waals surface area contributed by atoms with Crippen LogP contribution in [-0.4, -0.2) is 16.6 Å². The first-order valence-electron chi connectivity index (χ1n) is 9.98. The number of carbonyl (C=O) groups is 2. The van der Waals surface area contributed by atoms with Crippen molar-refractivity contribution >= 4 is 17.7 Å². The fraction of sp³-hybridized carbons (Fsp3) is 0.208. The van der Waals surface area contributed by atoms with E-state index in [9.17, 15) is 24.6 Å². The Hall–Kier alpha value is -2.07. The van der Waals surface area contributed by atoms with E-state index in [1.165, 1.54) is 17.7 Å². The van der Waals surface area contributed by atoms with Gasteiger partial charge in [-0.05, 0) is 42.2 Å². The smallest absolute Gasteiger partial charge is 0.871 e. The SMILES string of the molecule is Cc1ccccc1-c1ccc([C@H](CC(=O)[O-])NC(=O)Nc2c([O-])cc(C)n(C)c2=O)cc1.[Na+].[Na+]. The Kier molecular flexibility index (Phi) is 11.6. The molecular formula is C24H23N3Na2O5. The minimum Gasteiger partial charge on any atom is -0.871 e. The van der Waals surface area contributed by atoms with Crippen molar-refractivity contribution in [3.63, 3.8) is 0 Å². The molecule has 166 valence electrons. The minimum absolute atomic E-state index is 0. The van der Waals surface area contributed by atoms with E-state index < -0.39 is 41.5 Å². The maximum Gasteiger partial charge on any atom is 1.00 e. The van der Waals surface area contributed by atoms with Gasteiger partial charge in [0.2, 0.25) is 0 Å². The molecule has 1 heterocycles. The van der Waals surface area contributed by atoms with E-state index in [4.69, 9.17) is 0 Å². The number of urea groups is 1. The average Bonchev–Trinajstić information content (AvgIpc) is 2.75. The molecule has 0 radical (unpaired) electrons. The molecule has 0 fully saturated rings. The van der Waals surface area contributed by atoms with Gasteiger partial charge >= 0.3 is 65.1 Å². The van der Waals surface area contributed by atoms with E-state index in [1.807, 2.05) is 43.3 Å². The Bertz CT molecular complexity index is 1230. The third-order valence-corrected chi connectivity index (χ3v) is 5.32. The number of pyridine rings is 1. The van der Waals surface area contributed by atoms with Crippen LogP contribution < -0.4 is 85.5 Å². The summed E-state index contributed by atoms with van der Waals surface area (Å²) >= 11 is 0. The van der Waals surface area contributed by atoms with Crippen molar-refractivity contribution in [1.29, 1.82) is 0 Å². The van der Waals surface area contributed by atoms with Gasteiger partial charge in [-0.25, -0.2) is 4.79 Å². The van der Waals surface area contributed by atoms with Crippen molar-refractivity contribution < 1.29 is 78.9 Å². The number of aliphatic carboxylic acids is 1. The maximum absolute atomic E-state index is 12.5. The molecule has 2 amide bonds. The zero-order valence-corrected chi connectivity index (χ0v) is 24.0. The summed E-state index contributed by atoms with van der Waals surface area (Å²) in [5, 5.41) is 28.2. The largest absolute Gasteiger partial charge is 1.00 e. The number of benzene rings is 2. The first kappa shape index (κ1) is 30.0. The number of aryl methyl sites for hydroxylation is 2. The summed E-state index contributed by atoms with van der Waals surface area (Å²) in [6.07, 6.45) is -0.479. The molecule has 0 spiro atoms. The summed E-state index contributed by atoms with van der Waals surface area (Å²) in [5.74, 6) is -1.98. The van der Waals surface area contributed by atoms with Crippen LogP contribution in [0.15, 0.2) is 59.4 Å². The van der Waals surface area contributed by atoms with Crippen molar-refractivity contribution in [3.05, 3.63) is 81.8 Å². The number of nitrogens with one attached hydrogen (secondary N) is 2. The third kappa shape index (κ3) is 7.21. The molecule has 10 heteroatoms. The van der Waals surface area contributed by atoms with Gasteiger partial charge in [0, 0.05) is 25.1 Å². The van der Waals surface area contributed by atoms with Crippen LogP contribution in [0.25, 0.3) is 11.1 Å². The first-order chi connectivity index (χ1) is 15.2. The maximum atomic E-state index is 12.5. The van der Waals surface area contributed by atoms with Gasteiger partial charge in [-0.1, -0.05) is 54.3 Å². The van der Waals surface area contributed by atoms with Crippen LogP contribution in [-0.2, 0) is 11.8 Å². The number of anilines is 1. The fourth-order valence-electron chi connectivity index (χ4n) is 3.43. The molecule has 0 aliphatic heterocycles. The van der Waals surface area contributed by atoms with Gasteiger partial charge < -0.3 is 30.2 Å². The van der Waals surface area contributed by atoms with E-state index in [0.29, 0.717) is 11.3 Å².